The fourth-order valence-corrected chi connectivity index (χ4v) is 6.23. The van der Waals surface area contributed by atoms with Gasteiger partial charge in [0.05, 0.1) is 5.69 Å². The molecular formula is C22H24ClN3O6S2. The number of sulfonamides is 1. The molecule has 0 aliphatic rings. The first kappa shape index (κ1) is 25.7. The normalized spacial score (nSPS) is 11.4. The van der Waals surface area contributed by atoms with Crippen LogP contribution in [-0.4, -0.2) is 25.5 Å². The van der Waals surface area contributed by atoms with E-state index in [1.54, 1.807) is 40.7 Å². The second-order valence-electron chi connectivity index (χ2n) is 7.69. The standard InChI is InChI=1S/C22H24ClN3O6S2/c1-7-16(27)31-15-9-10(2)8-11(3)18(15)24-21(28)19-20(12(4)14(6)33-19)34(29,30)26-22-17(23)13(5)25-32-22/h8-9,26H,7H2,1-6H3,(H,24,28). The van der Waals surface area contributed by atoms with Crippen molar-refractivity contribution >= 4 is 56.4 Å². The molecule has 0 aliphatic carbocycles. The van der Waals surface area contributed by atoms with Crippen LogP contribution >= 0.6 is 22.9 Å². The van der Waals surface area contributed by atoms with E-state index in [0.29, 0.717) is 21.7 Å². The van der Waals surface area contributed by atoms with Gasteiger partial charge in [-0.15, -0.1) is 11.3 Å². The maximum Gasteiger partial charge on any atom is 0.310 e. The molecule has 0 aliphatic heterocycles. The highest BCUT2D eigenvalue weighted by Crippen LogP contribution is 2.36. The maximum absolute atomic E-state index is 13.3. The number of thiophene rings is 1. The summed E-state index contributed by atoms with van der Waals surface area (Å²) >= 11 is 7.09. The number of carbonyl (C=O) groups is 2. The predicted molar refractivity (Wildman–Crippen MR) is 131 cm³/mol. The van der Waals surface area contributed by atoms with Gasteiger partial charge in [0.2, 0.25) is 0 Å². The molecule has 0 atom stereocenters. The highest BCUT2D eigenvalue weighted by atomic mass is 35.5. The summed E-state index contributed by atoms with van der Waals surface area (Å²) in [6.45, 7) is 10.1. The molecule has 2 N–H and O–H groups in total. The third kappa shape index (κ3) is 5.11. The predicted octanol–water partition coefficient (Wildman–Crippen LogP) is 5.30. The van der Waals surface area contributed by atoms with Crippen molar-refractivity contribution in [1.29, 1.82) is 0 Å². The van der Waals surface area contributed by atoms with Crippen LogP contribution in [0.25, 0.3) is 0 Å². The number of aromatic nitrogens is 1. The minimum atomic E-state index is -4.25. The zero-order valence-electron chi connectivity index (χ0n) is 19.5. The molecule has 3 rings (SSSR count). The Balaban J connectivity index is 2.03. The van der Waals surface area contributed by atoms with Crippen LogP contribution in [-0.2, 0) is 14.8 Å². The van der Waals surface area contributed by atoms with Crippen molar-refractivity contribution in [1.82, 2.24) is 5.16 Å². The Morgan fingerprint density at radius 2 is 1.85 bits per heavy atom. The molecule has 1 aromatic carbocycles. The molecule has 34 heavy (non-hydrogen) atoms. The quantitative estimate of drug-likeness (QED) is 0.316. The lowest BCUT2D eigenvalue weighted by Crippen LogP contribution is -2.20. The molecule has 0 radical (unpaired) electrons. The van der Waals surface area contributed by atoms with Crippen molar-refractivity contribution in [3.05, 3.63) is 49.3 Å². The van der Waals surface area contributed by atoms with E-state index < -0.39 is 21.9 Å². The Hall–Kier alpha value is -2.89. The first-order chi connectivity index (χ1) is 15.9. The van der Waals surface area contributed by atoms with E-state index >= 15 is 0 Å². The van der Waals surface area contributed by atoms with E-state index in [4.69, 9.17) is 20.9 Å². The number of carbonyl (C=O) groups excluding carboxylic acids is 2. The van der Waals surface area contributed by atoms with Crippen LogP contribution in [0.5, 0.6) is 5.75 Å². The van der Waals surface area contributed by atoms with Gasteiger partial charge >= 0.3 is 5.97 Å². The number of hydrogen-bond acceptors (Lipinski definition) is 8. The van der Waals surface area contributed by atoms with Crippen molar-refractivity contribution < 1.29 is 27.3 Å². The molecule has 0 saturated heterocycles. The van der Waals surface area contributed by atoms with Crippen molar-refractivity contribution in [3.8, 4) is 5.75 Å². The number of ether oxygens (including phenoxy) is 1. The van der Waals surface area contributed by atoms with Gasteiger partial charge in [0.1, 0.15) is 20.5 Å². The highest BCUT2D eigenvalue weighted by molar-refractivity contribution is 7.93. The monoisotopic (exact) mass is 525 g/mol. The van der Waals surface area contributed by atoms with E-state index in [9.17, 15) is 18.0 Å². The van der Waals surface area contributed by atoms with Gasteiger partial charge in [-0.2, -0.15) is 0 Å². The number of nitrogens with one attached hydrogen (secondary N) is 2. The van der Waals surface area contributed by atoms with Crippen LogP contribution in [0.1, 0.15) is 50.3 Å². The van der Waals surface area contributed by atoms with E-state index in [0.717, 1.165) is 16.9 Å². The summed E-state index contributed by atoms with van der Waals surface area (Å²) in [5.74, 6) is -1.18. The molecule has 0 bridgehead atoms. The van der Waals surface area contributed by atoms with Gasteiger partial charge in [0.25, 0.3) is 21.8 Å². The van der Waals surface area contributed by atoms with Crippen molar-refractivity contribution in [2.75, 3.05) is 10.0 Å². The Bertz CT molecular complexity index is 1390. The van der Waals surface area contributed by atoms with E-state index in [1.807, 2.05) is 13.0 Å². The third-order valence-corrected chi connectivity index (χ3v) is 8.30. The number of rotatable bonds is 7. The lowest BCUT2D eigenvalue weighted by molar-refractivity contribution is -0.133. The fourth-order valence-electron chi connectivity index (χ4n) is 3.21. The molecule has 0 unspecified atom stereocenters. The number of aryl methyl sites for hydroxylation is 4. The summed E-state index contributed by atoms with van der Waals surface area (Å²) in [4.78, 5) is 25.6. The van der Waals surface area contributed by atoms with Gasteiger partial charge in [-0.1, -0.05) is 29.7 Å². The summed E-state index contributed by atoms with van der Waals surface area (Å²) in [5, 5.41) is 6.39. The summed E-state index contributed by atoms with van der Waals surface area (Å²) in [5.41, 5.74) is 2.51. The lowest BCUT2D eigenvalue weighted by atomic mass is 10.1. The van der Waals surface area contributed by atoms with E-state index in [1.165, 1.54) is 0 Å². The zero-order valence-corrected chi connectivity index (χ0v) is 21.8. The molecule has 12 heteroatoms. The van der Waals surface area contributed by atoms with Crippen LogP contribution in [0.2, 0.25) is 5.02 Å². The van der Waals surface area contributed by atoms with Crippen LogP contribution in [0.4, 0.5) is 11.6 Å². The van der Waals surface area contributed by atoms with Gasteiger partial charge in [0, 0.05) is 11.3 Å². The summed E-state index contributed by atoms with van der Waals surface area (Å²) in [6, 6.07) is 3.45. The topological polar surface area (TPSA) is 128 Å². The van der Waals surface area contributed by atoms with Gasteiger partial charge in [0.15, 0.2) is 5.75 Å². The zero-order chi connectivity index (χ0) is 25.4. The Morgan fingerprint density at radius 1 is 1.18 bits per heavy atom. The first-order valence-corrected chi connectivity index (χ1v) is 12.9. The molecule has 1 amide bonds. The smallest absolute Gasteiger partial charge is 0.310 e. The SMILES string of the molecule is CCC(=O)Oc1cc(C)cc(C)c1NC(=O)c1sc(C)c(C)c1S(=O)(=O)Nc1onc(C)c1Cl. The number of esters is 1. The Morgan fingerprint density at radius 3 is 2.44 bits per heavy atom. The second kappa shape index (κ2) is 9.77. The first-order valence-electron chi connectivity index (χ1n) is 10.2. The van der Waals surface area contributed by atoms with Gasteiger partial charge in [-0.05, 0) is 57.4 Å². The largest absolute Gasteiger partial charge is 0.424 e. The summed E-state index contributed by atoms with van der Waals surface area (Å²) < 4.78 is 39.1. The average molecular weight is 526 g/mol. The van der Waals surface area contributed by atoms with Crippen LogP contribution in [0.15, 0.2) is 21.6 Å². The van der Waals surface area contributed by atoms with E-state index in [-0.39, 0.29) is 38.5 Å². The molecule has 0 saturated carbocycles. The fraction of sp³-hybridized carbons (Fsp3) is 0.318. The van der Waals surface area contributed by atoms with Crippen molar-refractivity contribution in [2.24, 2.45) is 0 Å². The molecule has 0 fully saturated rings. The number of hydrogen-bond donors (Lipinski definition) is 2. The lowest BCUT2D eigenvalue weighted by Gasteiger charge is -2.15. The van der Waals surface area contributed by atoms with Gasteiger partial charge in [-0.25, -0.2) is 13.1 Å². The van der Waals surface area contributed by atoms with Crippen molar-refractivity contribution in [3.63, 3.8) is 0 Å². The number of nitrogens with zero attached hydrogens (tertiary/aromatic N) is 1. The van der Waals surface area contributed by atoms with Crippen molar-refractivity contribution in [2.45, 2.75) is 52.9 Å². The highest BCUT2D eigenvalue weighted by Gasteiger charge is 2.31. The van der Waals surface area contributed by atoms with Gasteiger partial charge in [-0.3, -0.25) is 9.59 Å². The van der Waals surface area contributed by atoms with E-state index in [2.05, 4.69) is 15.2 Å². The van der Waals surface area contributed by atoms with Crippen LogP contribution in [0.3, 0.4) is 0 Å². The number of amides is 1. The molecule has 182 valence electrons. The molecule has 9 nitrogen and oxygen atoms in total. The molecule has 2 aromatic heterocycles. The number of benzene rings is 1. The number of anilines is 2. The Kier molecular flexibility index (Phi) is 7.39. The molecule has 3 aromatic rings. The summed E-state index contributed by atoms with van der Waals surface area (Å²) in [6.07, 6.45) is 0.154. The third-order valence-electron chi connectivity index (χ3n) is 5.02. The minimum Gasteiger partial charge on any atom is -0.424 e. The maximum atomic E-state index is 13.3. The average Bonchev–Trinajstić information content (AvgIpc) is 3.23. The number of halogens is 1. The van der Waals surface area contributed by atoms with Crippen LogP contribution < -0.4 is 14.8 Å². The molecular weight excluding hydrogens is 502 g/mol. The molecule has 0 spiro atoms. The van der Waals surface area contributed by atoms with Crippen LogP contribution in [0, 0.1) is 34.6 Å². The minimum absolute atomic E-state index is 0.0249. The second-order valence-corrected chi connectivity index (χ2v) is 10.9. The Labute approximate surface area is 206 Å². The molecule has 2 heterocycles. The summed E-state index contributed by atoms with van der Waals surface area (Å²) in [7, 11) is -4.25. The van der Waals surface area contributed by atoms with Gasteiger partial charge < -0.3 is 14.6 Å².